The molecule has 1 aromatic heterocycles. The van der Waals surface area contributed by atoms with E-state index in [4.69, 9.17) is 20.2 Å². The van der Waals surface area contributed by atoms with Crippen molar-refractivity contribution in [3.05, 3.63) is 58.8 Å². The summed E-state index contributed by atoms with van der Waals surface area (Å²) in [5.41, 5.74) is 13.2. The summed E-state index contributed by atoms with van der Waals surface area (Å²) >= 11 is 0. The molecule has 2 N–H and O–H groups in total. The predicted molar refractivity (Wildman–Crippen MR) is 130 cm³/mol. The van der Waals surface area contributed by atoms with Gasteiger partial charge in [-0.05, 0) is 62.7 Å². The van der Waals surface area contributed by atoms with Gasteiger partial charge in [0.2, 0.25) is 0 Å². The Morgan fingerprint density at radius 2 is 1.88 bits per heavy atom. The molecule has 32 heavy (non-hydrogen) atoms. The average Bonchev–Trinajstić information content (AvgIpc) is 3.49. The molecule has 3 aromatic rings. The zero-order valence-corrected chi connectivity index (χ0v) is 19.0. The highest BCUT2D eigenvalue weighted by Crippen LogP contribution is 2.43. The standard InChI is InChI=1S/C27H33N3O2/c1-31-27-21(17-19-9-3-2-4-10-19)25-23(29-22-12-7-11-20(22)26(25)28)18-24(27)32-16-8-15-30-13-5-6-14-30/h2-4,9-10,18H,5-8,11-17H2,1H3,(H2,28,29). The fraction of sp³-hybridized carbons (Fsp3) is 0.444. The second-order valence-electron chi connectivity index (χ2n) is 9.00. The molecule has 0 saturated carbocycles. The molecular formula is C27H33N3O2. The van der Waals surface area contributed by atoms with Crippen molar-refractivity contribution in [3.8, 4) is 11.5 Å². The molecule has 0 unspecified atom stereocenters. The lowest BCUT2D eigenvalue weighted by Gasteiger charge is -2.20. The van der Waals surface area contributed by atoms with Gasteiger partial charge >= 0.3 is 0 Å². The highest BCUT2D eigenvalue weighted by atomic mass is 16.5. The van der Waals surface area contributed by atoms with Crippen LogP contribution in [0.15, 0.2) is 36.4 Å². The van der Waals surface area contributed by atoms with Gasteiger partial charge in [-0.15, -0.1) is 0 Å². The van der Waals surface area contributed by atoms with Gasteiger partial charge in [0.15, 0.2) is 11.5 Å². The molecule has 1 aliphatic heterocycles. The van der Waals surface area contributed by atoms with E-state index in [0.29, 0.717) is 6.61 Å². The first-order valence-corrected chi connectivity index (χ1v) is 11.9. The molecule has 1 saturated heterocycles. The number of aromatic nitrogens is 1. The highest BCUT2D eigenvalue weighted by Gasteiger charge is 2.24. The van der Waals surface area contributed by atoms with Crippen molar-refractivity contribution in [2.24, 2.45) is 0 Å². The number of likely N-dealkylation sites (tertiary alicyclic amines) is 1. The fourth-order valence-electron chi connectivity index (χ4n) is 5.28. The van der Waals surface area contributed by atoms with Crippen molar-refractivity contribution in [3.63, 3.8) is 0 Å². The number of rotatable bonds is 8. The molecular weight excluding hydrogens is 398 g/mol. The number of anilines is 1. The van der Waals surface area contributed by atoms with E-state index in [2.05, 4.69) is 29.2 Å². The fourth-order valence-corrected chi connectivity index (χ4v) is 5.28. The van der Waals surface area contributed by atoms with Gasteiger partial charge in [-0.25, -0.2) is 0 Å². The van der Waals surface area contributed by atoms with E-state index in [-0.39, 0.29) is 0 Å². The van der Waals surface area contributed by atoms with Gasteiger partial charge < -0.3 is 20.1 Å². The lowest BCUT2D eigenvalue weighted by Crippen LogP contribution is -2.22. The molecule has 0 bridgehead atoms. The number of nitrogens with two attached hydrogens (primary N) is 1. The monoisotopic (exact) mass is 431 g/mol. The number of methoxy groups -OCH3 is 1. The minimum absolute atomic E-state index is 0.670. The molecule has 2 heterocycles. The average molecular weight is 432 g/mol. The summed E-state index contributed by atoms with van der Waals surface area (Å²) in [5, 5.41) is 1.02. The van der Waals surface area contributed by atoms with Crippen LogP contribution in [0.1, 0.15) is 48.1 Å². The molecule has 5 rings (SSSR count). The Bertz CT molecular complexity index is 1090. The number of hydrogen-bond donors (Lipinski definition) is 1. The Labute approximate surface area is 190 Å². The van der Waals surface area contributed by atoms with Gasteiger partial charge in [-0.1, -0.05) is 30.3 Å². The smallest absolute Gasteiger partial charge is 0.165 e. The quantitative estimate of drug-likeness (QED) is 0.521. The second kappa shape index (κ2) is 9.37. The van der Waals surface area contributed by atoms with Crippen molar-refractivity contribution < 1.29 is 9.47 Å². The van der Waals surface area contributed by atoms with E-state index in [1.807, 2.05) is 12.1 Å². The van der Waals surface area contributed by atoms with Crippen molar-refractivity contribution >= 4 is 16.6 Å². The summed E-state index contributed by atoms with van der Waals surface area (Å²) in [6, 6.07) is 12.5. The van der Waals surface area contributed by atoms with Crippen LogP contribution in [0.5, 0.6) is 11.5 Å². The maximum Gasteiger partial charge on any atom is 0.165 e. The molecule has 1 aliphatic carbocycles. The van der Waals surface area contributed by atoms with E-state index in [9.17, 15) is 0 Å². The van der Waals surface area contributed by atoms with E-state index < -0.39 is 0 Å². The number of pyridine rings is 1. The number of nitrogen functional groups attached to an aromatic ring is 1. The number of hydrogen-bond acceptors (Lipinski definition) is 5. The van der Waals surface area contributed by atoms with Gasteiger partial charge in [0.05, 0.1) is 19.2 Å². The summed E-state index contributed by atoms with van der Waals surface area (Å²) in [5.74, 6) is 1.56. The molecule has 0 radical (unpaired) electrons. The molecule has 2 aliphatic rings. The van der Waals surface area contributed by atoms with Crippen LogP contribution in [0.2, 0.25) is 0 Å². The topological polar surface area (TPSA) is 60.6 Å². The van der Waals surface area contributed by atoms with E-state index in [1.54, 1.807) is 7.11 Å². The first kappa shape index (κ1) is 21.1. The summed E-state index contributed by atoms with van der Waals surface area (Å²) in [4.78, 5) is 7.54. The molecule has 1 fully saturated rings. The zero-order chi connectivity index (χ0) is 21.9. The first-order valence-electron chi connectivity index (χ1n) is 11.9. The molecule has 2 aromatic carbocycles. The van der Waals surface area contributed by atoms with Crippen molar-refractivity contribution in [1.82, 2.24) is 9.88 Å². The van der Waals surface area contributed by atoms with E-state index in [0.717, 1.165) is 78.0 Å². The lowest BCUT2D eigenvalue weighted by molar-refractivity contribution is 0.254. The van der Waals surface area contributed by atoms with Gasteiger partial charge in [0, 0.05) is 41.4 Å². The Balaban J connectivity index is 1.52. The normalized spacial score (nSPS) is 15.9. The predicted octanol–water partition coefficient (Wildman–Crippen LogP) is 4.77. The third-order valence-electron chi connectivity index (χ3n) is 6.86. The summed E-state index contributed by atoms with van der Waals surface area (Å²) in [7, 11) is 1.73. The van der Waals surface area contributed by atoms with Crippen molar-refractivity contribution in [2.75, 3.05) is 39.1 Å². The van der Waals surface area contributed by atoms with Crippen molar-refractivity contribution in [2.45, 2.75) is 44.9 Å². The van der Waals surface area contributed by atoms with Gasteiger partial charge in [-0.3, -0.25) is 4.98 Å². The van der Waals surface area contributed by atoms with Crippen LogP contribution in [0.25, 0.3) is 10.9 Å². The Hall–Kier alpha value is -2.79. The minimum Gasteiger partial charge on any atom is -0.493 e. The van der Waals surface area contributed by atoms with Crippen LogP contribution in [-0.2, 0) is 19.3 Å². The Morgan fingerprint density at radius 3 is 2.66 bits per heavy atom. The molecule has 0 atom stereocenters. The van der Waals surface area contributed by atoms with Crippen LogP contribution in [0.3, 0.4) is 0 Å². The number of nitrogens with zero attached hydrogens (tertiary/aromatic N) is 2. The summed E-state index contributed by atoms with van der Waals surface area (Å²) < 4.78 is 12.2. The minimum atomic E-state index is 0.670. The highest BCUT2D eigenvalue weighted by molar-refractivity contribution is 5.98. The van der Waals surface area contributed by atoms with Crippen LogP contribution in [0, 0.1) is 0 Å². The maximum atomic E-state index is 6.75. The van der Waals surface area contributed by atoms with Gasteiger partial charge in [-0.2, -0.15) is 0 Å². The van der Waals surface area contributed by atoms with Crippen LogP contribution in [-0.4, -0.2) is 43.2 Å². The SMILES string of the molecule is COc1c(OCCCN2CCCC2)cc2nc3c(c(N)c2c1Cc1ccccc1)CCC3. The zero-order valence-electron chi connectivity index (χ0n) is 19.0. The molecule has 168 valence electrons. The second-order valence-corrected chi connectivity index (χ2v) is 9.00. The maximum absolute atomic E-state index is 6.75. The Kier molecular flexibility index (Phi) is 6.17. The summed E-state index contributed by atoms with van der Waals surface area (Å²) in [6.07, 6.45) is 7.51. The molecule has 0 amide bonds. The van der Waals surface area contributed by atoms with E-state index >= 15 is 0 Å². The van der Waals surface area contributed by atoms with Crippen LogP contribution in [0.4, 0.5) is 5.69 Å². The third-order valence-corrected chi connectivity index (χ3v) is 6.86. The number of fused-ring (bicyclic) bond motifs is 2. The number of ether oxygens (including phenoxy) is 2. The molecule has 5 heteroatoms. The van der Waals surface area contributed by atoms with Crippen LogP contribution < -0.4 is 15.2 Å². The summed E-state index contributed by atoms with van der Waals surface area (Å²) in [6.45, 7) is 4.19. The van der Waals surface area contributed by atoms with E-state index in [1.165, 1.54) is 37.1 Å². The van der Waals surface area contributed by atoms with Gasteiger partial charge in [0.1, 0.15) is 0 Å². The molecule has 5 nitrogen and oxygen atoms in total. The van der Waals surface area contributed by atoms with Crippen LogP contribution >= 0.6 is 0 Å². The number of aryl methyl sites for hydroxylation is 1. The van der Waals surface area contributed by atoms with Crippen molar-refractivity contribution in [1.29, 1.82) is 0 Å². The van der Waals surface area contributed by atoms with Gasteiger partial charge in [0.25, 0.3) is 0 Å². The third kappa shape index (κ3) is 4.14. The lowest BCUT2D eigenvalue weighted by atomic mass is 9.96. The Morgan fingerprint density at radius 1 is 1.06 bits per heavy atom. The molecule has 0 spiro atoms. The largest absolute Gasteiger partial charge is 0.493 e. The number of benzene rings is 2. The first-order chi connectivity index (χ1) is 15.7.